The molecule has 0 aromatic carbocycles. The molecule has 0 aromatic heterocycles. The van der Waals surface area contributed by atoms with E-state index in [4.69, 9.17) is 4.74 Å². The van der Waals surface area contributed by atoms with E-state index in [1.165, 1.54) is 24.0 Å². The molecule has 2 atom stereocenters. The molecular weight excluding hydrogens is 200 g/mol. The van der Waals surface area contributed by atoms with Crippen molar-refractivity contribution in [3.63, 3.8) is 0 Å². The summed E-state index contributed by atoms with van der Waals surface area (Å²) in [5.41, 5.74) is 2.65. The summed E-state index contributed by atoms with van der Waals surface area (Å²) in [5, 5.41) is 9.63. The molecule has 1 rings (SSSR count). The first-order valence-electron chi connectivity index (χ1n) is 6.28. The van der Waals surface area contributed by atoms with E-state index in [-0.39, 0.29) is 6.10 Å². The third kappa shape index (κ3) is 4.95. The number of aliphatic hydroxyl groups is 1. The van der Waals surface area contributed by atoms with E-state index in [9.17, 15) is 5.11 Å². The molecular formula is C14H24O2. The van der Waals surface area contributed by atoms with Crippen molar-refractivity contribution in [2.24, 2.45) is 0 Å². The molecule has 0 saturated heterocycles. The summed E-state index contributed by atoms with van der Waals surface area (Å²) < 4.78 is 5.48. The number of allylic oxidation sites excluding steroid dienone is 1. The lowest BCUT2D eigenvalue weighted by Gasteiger charge is -2.25. The third-order valence-corrected chi connectivity index (χ3v) is 2.80. The SMILES string of the molecule is CCCCC1=CC(CC=C(C)C)OC(O)C1. The molecule has 0 bridgehead atoms. The van der Waals surface area contributed by atoms with Gasteiger partial charge in [0.05, 0.1) is 6.10 Å². The van der Waals surface area contributed by atoms with Gasteiger partial charge in [-0.15, -0.1) is 0 Å². The first-order valence-corrected chi connectivity index (χ1v) is 6.28. The zero-order valence-corrected chi connectivity index (χ0v) is 10.7. The molecule has 2 nitrogen and oxygen atoms in total. The van der Waals surface area contributed by atoms with Gasteiger partial charge in [0.15, 0.2) is 6.29 Å². The number of aliphatic hydroxyl groups excluding tert-OH is 1. The predicted molar refractivity (Wildman–Crippen MR) is 67.2 cm³/mol. The Morgan fingerprint density at radius 3 is 2.94 bits per heavy atom. The molecule has 92 valence electrons. The number of hydrogen-bond donors (Lipinski definition) is 1. The van der Waals surface area contributed by atoms with Crippen LogP contribution in [0.4, 0.5) is 0 Å². The average molecular weight is 224 g/mol. The van der Waals surface area contributed by atoms with Gasteiger partial charge >= 0.3 is 0 Å². The normalized spacial score (nSPS) is 25.1. The van der Waals surface area contributed by atoms with Gasteiger partial charge in [-0.25, -0.2) is 0 Å². The Labute approximate surface area is 99.0 Å². The van der Waals surface area contributed by atoms with E-state index in [1.54, 1.807) is 0 Å². The van der Waals surface area contributed by atoms with Crippen LogP contribution in [0.25, 0.3) is 0 Å². The summed E-state index contributed by atoms with van der Waals surface area (Å²) in [4.78, 5) is 0. The van der Waals surface area contributed by atoms with Crippen LogP contribution in [0.1, 0.15) is 52.9 Å². The maximum atomic E-state index is 9.63. The van der Waals surface area contributed by atoms with Gasteiger partial charge in [-0.2, -0.15) is 0 Å². The Morgan fingerprint density at radius 1 is 1.56 bits per heavy atom. The molecule has 16 heavy (non-hydrogen) atoms. The lowest BCUT2D eigenvalue weighted by molar-refractivity contribution is -0.127. The maximum absolute atomic E-state index is 9.63. The van der Waals surface area contributed by atoms with E-state index in [0.717, 1.165) is 12.8 Å². The van der Waals surface area contributed by atoms with E-state index in [0.29, 0.717) is 6.42 Å². The third-order valence-electron chi connectivity index (χ3n) is 2.80. The van der Waals surface area contributed by atoms with Crippen LogP contribution in [-0.4, -0.2) is 17.5 Å². The summed E-state index contributed by atoms with van der Waals surface area (Å²) in [6.45, 7) is 6.36. The van der Waals surface area contributed by atoms with Crippen LogP contribution in [0.2, 0.25) is 0 Å². The van der Waals surface area contributed by atoms with E-state index in [1.807, 2.05) is 0 Å². The van der Waals surface area contributed by atoms with Gasteiger partial charge in [-0.3, -0.25) is 0 Å². The average Bonchev–Trinajstić information content (AvgIpc) is 2.23. The van der Waals surface area contributed by atoms with Gasteiger partial charge in [-0.05, 0) is 33.1 Å². The largest absolute Gasteiger partial charge is 0.368 e. The Morgan fingerprint density at radius 2 is 2.31 bits per heavy atom. The summed E-state index contributed by atoms with van der Waals surface area (Å²) in [6, 6.07) is 0. The van der Waals surface area contributed by atoms with Crippen LogP contribution in [0, 0.1) is 0 Å². The molecule has 0 fully saturated rings. The molecule has 0 spiro atoms. The highest BCUT2D eigenvalue weighted by Crippen LogP contribution is 2.23. The highest BCUT2D eigenvalue weighted by molar-refractivity contribution is 5.11. The minimum Gasteiger partial charge on any atom is -0.368 e. The van der Waals surface area contributed by atoms with Crippen molar-refractivity contribution in [1.82, 2.24) is 0 Å². The summed E-state index contributed by atoms with van der Waals surface area (Å²) >= 11 is 0. The highest BCUT2D eigenvalue weighted by atomic mass is 16.6. The second kappa shape index (κ2) is 6.87. The summed E-state index contributed by atoms with van der Waals surface area (Å²) in [6.07, 6.45) is 8.87. The lowest BCUT2D eigenvalue weighted by Crippen LogP contribution is -2.25. The van der Waals surface area contributed by atoms with Crippen molar-refractivity contribution in [2.75, 3.05) is 0 Å². The summed E-state index contributed by atoms with van der Waals surface area (Å²) in [5.74, 6) is 0. The second-order valence-electron chi connectivity index (χ2n) is 4.78. The molecule has 1 aliphatic heterocycles. The van der Waals surface area contributed by atoms with Crippen molar-refractivity contribution >= 4 is 0 Å². The molecule has 1 heterocycles. The maximum Gasteiger partial charge on any atom is 0.159 e. The van der Waals surface area contributed by atoms with E-state index >= 15 is 0 Å². The molecule has 1 N–H and O–H groups in total. The van der Waals surface area contributed by atoms with Crippen molar-refractivity contribution in [3.05, 3.63) is 23.3 Å². The fourth-order valence-corrected chi connectivity index (χ4v) is 1.91. The smallest absolute Gasteiger partial charge is 0.159 e. The predicted octanol–water partition coefficient (Wildman–Crippen LogP) is 3.57. The molecule has 0 amide bonds. The van der Waals surface area contributed by atoms with Gasteiger partial charge in [0.2, 0.25) is 0 Å². The highest BCUT2D eigenvalue weighted by Gasteiger charge is 2.19. The Kier molecular flexibility index (Phi) is 5.78. The first-order chi connectivity index (χ1) is 7.61. The Balaban J connectivity index is 2.53. The fourth-order valence-electron chi connectivity index (χ4n) is 1.91. The van der Waals surface area contributed by atoms with Crippen LogP contribution in [-0.2, 0) is 4.74 Å². The molecule has 0 aliphatic carbocycles. The minimum atomic E-state index is -0.604. The number of unbranched alkanes of at least 4 members (excludes halogenated alkanes) is 1. The molecule has 2 unspecified atom stereocenters. The minimum absolute atomic E-state index is 0.0607. The van der Waals surface area contributed by atoms with Gasteiger partial charge in [-0.1, -0.05) is 36.6 Å². The van der Waals surface area contributed by atoms with Crippen molar-refractivity contribution in [3.8, 4) is 0 Å². The van der Waals surface area contributed by atoms with E-state index < -0.39 is 6.29 Å². The monoisotopic (exact) mass is 224 g/mol. The standard InChI is InChI=1S/C14H24O2/c1-4-5-6-12-9-13(8-7-11(2)3)16-14(15)10-12/h7,9,13-15H,4-6,8,10H2,1-3H3. The summed E-state index contributed by atoms with van der Waals surface area (Å²) in [7, 11) is 0. The first kappa shape index (κ1) is 13.5. The van der Waals surface area contributed by atoms with Crippen LogP contribution in [0.5, 0.6) is 0 Å². The molecule has 0 radical (unpaired) electrons. The number of hydrogen-bond acceptors (Lipinski definition) is 2. The Bertz CT molecular complexity index is 262. The van der Waals surface area contributed by atoms with Crippen LogP contribution in [0.3, 0.4) is 0 Å². The molecule has 0 aromatic rings. The fraction of sp³-hybridized carbons (Fsp3) is 0.714. The van der Waals surface area contributed by atoms with Crippen molar-refractivity contribution in [2.45, 2.75) is 65.3 Å². The van der Waals surface area contributed by atoms with Crippen LogP contribution >= 0.6 is 0 Å². The van der Waals surface area contributed by atoms with Crippen LogP contribution in [0.15, 0.2) is 23.3 Å². The van der Waals surface area contributed by atoms with Crippen molar-refractivity contribution in [1.29, 1.82) is 0 Å². The zero-order valence-electron chi connectivity index (χ0n) is 10.7. The zero-order chi connectivity index (χ0) is 12.0. The molecule has 1 aliphatic rings. The Hall–Kier alpha value is -0.600. The van der Waals surface area contributed by atoms with Gasteiger partial charge < -0.3 is 9.84 Å². The molecule has 2 heteroatoms. The van der Waals surface area contributed by atoms with Gasteiger partial charge in [0, 0.05) is 6.42 Å². The number of ether oxygens (including phenoxy) is 1. The quantitative estimate of drug-likeness (QED) is 0.723. The van der Waals surface area contributed by atoms with Crippen molar-refractivity contribution < 1.29 is 9.84 Å². The van der Waals surface area contributed by atoms with E-state index in [2.05, 4.69) is 32.9 Å². The van der Waals surface area contributed by atoms with Crippen LogP contribution < -0.4 is 0 Å². The molecule has 0 saturated carbocycles. The lowest BCUT2D eigenvalue weighted by atomic mass is 9.99. The van der Waals surface area contributed by atoms with Gasteiger partial charge in [0.25, 0.3) is 0 Å². The second-order valence-corrected chi connectivity index (χ2v) is 4.78. The number of rotatable bonds is 5. The van der Waals surface area contributed by atoms with Gasteiger partial charge in [0.1, 0.15) is 0 Å². The topological polar surface area (TPSA) is 29.5 Å².